The van der Waals surface area contributed by atoms with Gasteiger partial charge in [0.05, 0.1) is 12.8 Å². The minimum absolute atomic E-state index is 0. The zero-order valence-electron chi connectivity index (χ0n) is 10.3. The molecule has 0 radical (unpaired) electrons. The van der Waals surface area contributed by atoms with E-state index in [2.05, 4.69) is 13.8 Å². The molecule has 4 N–H and O–H groups in total. The van der Waals surface area contributed by atoms with E-state index in [9.17, 15) is 14.4 Å². The summed E-state index contributed by atoms with van der Waals surface area (Å²) in [6.45, 7) is 4.36. The van der Waals surface area contributed by atoms with Crippen LogP contribution in [-0.2, 0) is 40.6 Å². The zero-order chi connectivity index (χ0) is 14.1. The van der Waals surface area contributed by atoms with E-state index < -0.39 is 36.4 Å². The SMILES string of the molecule is CCCC.O=C(O)CC(O)(CC(=O)O)C(=O)O.[Zr]. The molecule has 0 aliphatic heterocycles. The molecule has 0 aliphatic carbocycles. The first-order valence-electron chi connectivity index (χ1n) is 5.09. The molecule has 8 heteroatoms. The van der Waals surface area contributed by atoms with E-state index in [1.54, 1.807) is 0 Å². The number of carboxylic acid groups (broad SMARTS) is 3. The minimum atomic E-state index is -2.74. The van der Waals surface area contributed by atoms with Crippen LogP contribution in [0.15, 0.2) is 0 Å². The normalized spacial score (nSPS) is 9.50. The number of unbranched alkanes of at least 4 members (excludes halogenated alkanes) is 1. The first kappa shape index (κ1) is 22.4. The molecule has 0 aromatic carbocycles. The van der Waals surface area contributed by atoms with Gasteiger partial charge in [-0.1, -0.05) is 26.7 Å². The maximum absolute atomic E-state index is 10.3. The van der Waals surface area contributed by atoms with E-state index >= 15 is 0 Å². The molecule has 0 aromatic rings. The molecule has 0 fully saturated rings. The fourth-order valence-electron chi connectivity index (χ4n) is 0.714. The van der Waals surface area contributed by atoms with E-state index in [-0.39, 0.29) is 26.2 Å². The van der Waals surface area contributed by atoms with E-state index in [0.29, 0.717) is 0 Å². The Bertz CT molecular complexity index is 259. The number of aliphatic carboxylic acids is 3. The fraction of sp³-hybridized carbons (Fsp3) is 0.700. The van der Waals surface area contributed by atoms with E-state index in [4.69, 9.17) is 20.4 Å². The summed E-state index contributed by atoms with van der Waals surface area (Å²) in [6.07, 6.45) is 0.350. The van der Waals surface area contributed by atoms with E-state index in [0.717, 1.165) is 0 Å². The summed E-state index contributed by atoms with van der Waals surface area (Å²) in [5.41, 5.74) is -2.74. The Morgan fingerprint density at radius 2 is 1.17 bits per heavy atom. The van der Waals surface area contributed by atoms with Gasteiger partial charge in [0.2, 0.25) is 0 Å². The van der Waals surface area contributed by atoms with Gasteiger partial charge < -0.3 is 20.4 Å². The molecule has 0 amide bonds. The van der Waals surface area contributed by atoms with Crippen LogP contribution in [0.2, 0.25) is 0 Å². The molecule has 7 nitrogen and oxygen atoms in total. The van der Waals surface area contributed by atoms with Crippen molar-refractivity contribution in [3.8, 4) is 0 Å². The van der Waals surface area contributed by atoms with Crippen molar-refractivity contribution in [2.45, 2.75) is 45.1 Å². The molecule has 0 unspecified atom stereocenters. The summed E-state index contributed by atoms with van der Waals surface area (Å²) in [7, 11) is 0. The van der Waals surface area contributed by atoms with Gasteiger partial charge >= 0.3 is 17.9 Å². The van der Waals surface area contributed by atoms with Crippen molar-refractivity contribution >= 4 is 17.9 Å². The topological polar surface area (TPSA) is 132 Å². The molecule has 18 heavy (non-hydrogen) atoms. The fourth-order valence-corrected chi connectivity index (χ4v) is 0.714. The summed E-state index contributed by atoms with van der Waals surface area (Å²) in [4.78, 5) is 30.5. The Labute approximate surface area is 124 Å². The van der Waals surface area contributed by atoms with Crippen LogP contribution in [0.25, 0.3) is 0 Å². The van der Waals surface area contributed by atoms with Gasteiger partial charge in [0.15, 0.2) is 5.60 Å². The average molecular weight is 341 g/mol. The van der Waals surface area contributed by atoms with Crippen molar-refractivity contribution in [3.05, 3.63) is 0 Å². The number of rotatable bonds is 6. The molecule has 0 aromatic heterocycles. The quantitative estimate of drug-likeness (QED) is 0.555. The molecule has 0 saturated carbocycles. The maximum Gasteiger partial charge on any atom is 0.336 e. The summed E-state index contributed by atoms with van der Waals surface area (Å²) in [6, 6.07) is 0. The summed E-state index contributed by atoms with van der Waals surface area (Å²) in [5, 5.41) is 33.8. The van der Waals surface area contributed by atoms with Crippen LogP contribution in [0.3, 0.4) is 0 Å². The third-order valence-electron chi connectivity index (χ3n) is 1.79. The Morgan fingerprint density at radius 3 is 1.28 bits per heavy atom. The van der Waals surface area contributed by atoms with Gasteiger partial charge in [0.1, 0.15) is 0 Å². The molecule has 0 aliphatic rings. The van der Waals surface area contributed by atoms with Crippen LogP contribution in [-0.4, -0.2) is 43.9 Å². The minimum Gasteiger partial charge on any atom is -0.481 e. The van der Waals surface area contributed by atoms with Gasteiger partial charge in [-0.25, -0.2) is 4.79 Å². The van der Waals surface area contributed by atoms with Crippen molar-refractivity contribution in [2.24, 2.45) is 0 Å². The predicted octanol–water partition coefficient (Wildman–Crippen LogP) is 0.555. The monoisotopic (exact) mass is 340 g/mol. The Balaban J connectivity index is -0.000000392. The summed E-state index contributed by atoms with van der Waals surface area (Å²) in [5.74, 6) is -5.02. The molecule has 0 rings (SSSR count). The Hall–Kier alpha value is -0.747. The first-order valence-corrected chi connectivity index (χ1v) is 5.09. The molecular formula is C10H18O7Zr. The van der Waals surface area contributed by atoms with Gasteiger partial charge in [-0.15, -0.1) is 0 Å². The average Bonchev–Trinajstić information content (AvgIpc) is 2.15. The van der Waals surface area contributed by atoms with Crippen LogP contribution in [0.5, 0.6) is 0 Å². The molecule has 0 bridgehead atoms. The van der Waals surface area contributed by atoms with Crippen molar-refractivity contribution in [1.82, 2.24) is 0 Å². The second kappa shape index (κ2) is 11.3. The van der Waals surface area contributed by atoms with Crippen LogP contribution >= 0.6 is 0 Å². The predicted molar refractivity (Wildman–Crippen MR) is 57.7 cm³/mol. The molecule has 0 atom stereocenters. The van der Waals surface area contributed by atoms with Crippen LogP contribution in [0, 0.1) is 0 Å². The van der Waals surface area contributed by atoms with Crippen molar-refractivity contribution in [2.75, 3.05) is 0 Å². The van der Waals surface area contributed by atoms with Gasteiger partial charge in [0.25, 0.3) is 0 Å². The second-order valence-corrected chi connectivity index (χ2v) is 3.48. The number of aliphatic hydroxyl groups is 1. The van der Waals surface area contributed by atoms with Gasteiger partial charge in [-0.05, 0) is 0 Å². The summed E-state index contributed by atoms with van der Waals surface area (Å²) >= 11 is 0. The van der Waals surface area contributed by atoms with E-state index in [1.807, 2.05) is 0 Å². The van der Waals surface area contributed by atoms with Crippen LogP contribution in [0.1, 0.15) is 39.5 Å². The smallest absolute Gasteiger partial charge is 0.336 e. The van der Waals surface area contributed by atoms with Gasteiger partial charge in [0, 0.05) is 26.2 Å². The molecule has 0 heterocycles. The van der Waals surface area contributed by atoms with Crippen molar-refractivity contribution < 1.29 is 61.0 Å². The number of hydrogen-bond donors (Lipinski definition) is 4. The first-order chi connectivity index (χ1) is 7.69. The molecular weight excluding hydrogens is 323 g/mol. The summed E-state index contributed by atoms with van der Waals surface area (Å²) < 4.78 is 0. The van der Waals surface area contributed by atoms with Gasteiger partial charge in [-0.3, -0.25) is 9.59 Å². The third kappa shape index (κ3) is 11.7. The van der Waals surface area contributed by atoms with Gasteiger partial charge in [-0.2, -0.15) is 0 Å². The zero-order valence-corrected chi connectivity index (χ0v) is 12.8. The Kier molecular flexibility index (Phi) is 14.1. The van der Waals surface area contributed by atoms with Crippen LogP contribution in [0.4, 0.5) is 0 Å². The maximum atomic E-state index is 10.3. The van der Waals surface area contributed by atoms with Crippen molar-refractivity contribution in [1.29, 1.82) is 0 Å². The number of carbonyl (C=O) groups is 3. The molecule has 0 spiro atoms. The van der Waals surface area contributed by atoms with Crippen molar-refractivity contribution in [3.63, 3.8) is 0 Å². The standard InChI is InChI=1S/C6H8O7.C4H10.Zr/c7-3(8)1-6(13,5(11)12)2-4(9)10;1-3-4-2;/h13H,1-2H2,(H,7,8)(H,9,10)(H,11,12);3-4H2,1-2H3;. The van der Waals surface area contributed by atoms with Crippen LogP contribution < -0.4 is 0 Å². The number of carboxylic acids is 3. The second-order valence-electron chi connectivity index (χ2n) is 3.48. The Morgan fingerprint density at radius 1 is 0.889 bits per heavy atom. The molecule has 0 saturated heterocycles. The number of hydrogen-bond acceptors (Lipinski definition) is 4. The molecule has 104 valence electrons. The largest absolute Gasteiger partial charge is 0.481 e. The third-order valence-corrected chi connectivity index (χ3v) is 1.79. The van der Waals surface area contributed by atoms with E-state index in [1.165, 1.54) is 12.8 Å².